The van der Waals surface area contributed by atoms with Crippen LogP contribution in [0.2, 0.25) is 0 Å². The van der Waals surface area contributed by atoms with Gasteiger partial charge in [-0.1, -0.05) is 35.4 Å². The molecule has 5 heteroatoms. The summed E-state index contributed by atoms with van der Waals surface area (Å²) >= 11 is -1.61. The van der Waals surface area contributed by atoms with Crippen molar-refractivity contribution in [2.45, 2.75) is 41.5 Å². The first kappa shape index (κ1) is 31.1. The van der Waals surface area contributed by atoms with Crippen LogP contribution in [0.4, 0.5) is 11.4 Å². The number of nitrogens with zero attached hydrogens (tertiary/aromatic N) is 2. The first-order chi connectivity index (χ1) is 15.7. The van der Waals surface area contributed by atoms with Crippen LogP contribution < -0.4 is 9.80 Å². The SMILES string of the molecule is Cc1cc(C)c(N2[CH-]N(c3c(C)cc(C)cc3C)CC2)c(C)c1.[CH3+].[CH3+].[Cl][Ru]([Cl])=[CH]c1ccccc1. The van der Waals surface area contributed by atoms with Crippen LogP contribution in [0.25, 0.3) is 0 Å². The van der Waals surface area contributed by atoms with E-state index in [1.807, 2.05) is 34.9 Å². The number of hydrogen-bond donors (Lipinski definition) is 0. The molecule has 1 fully saturated rings. The second-order valence-corrected chi connectivity index (χ2v) is 14.4. The van der Waals surface area contributed by atoms with Crippen molar-refractivity contribution in [3.63, 3.8) is 0 Å². The van der Waals surface area contributed by atoms with Crippen LogP contribution in [0.15, 0.2) is 54.6 Å². The van der Waals surface area contributed by atoms with Gasteiger partial charge in [0.1, 0.15) is 0 Å². The molecule has 35 heavy (non-hydrogen) atoms. The van der Waals surface area contributed by atoms with Crippen LogP contribution >= 0.6 is 19.4 Å². The van der Waals surface area contributed by atoms with Crippen LogP contribution in [-0.2, 0) is 13.5 Å². The summed E-state index contributed by atoms with van der Waals surface area (Å²) in [4.78, 5) is 4.81. The second kappa shape index (κ2) is 14.0. The number of aryl methyl sites for hydroxylation is 6. The number of rotatable bonds is 3. The molecule has 0 N–H and O–H groups in total. The van der Waals surface area contributed by atoms with Gasteiger partial charge in [0, 0.05) is 39.3 Å². The standard InChI is InChI=1S/C21H27N2.C7H6.2CH3.2ClH.Ru/c1-14-9-16(3)20(17(4)10-14)22-7-8-23(13-22)21-18(5)11-15(2)12-19(21)6;1-7-5-3-2-4-6-7;;;;;/h9-13H,7-8H2,1-6H3;1-6H;2*1H3;2*1H;/q-1;;2*+1;;;+2/p-2. The zero-order valence-electron chi connectivity index (χ0n) is 22.3. The molecule has 0 spiro atoms. The van der Waals surface area contributed by atoms with Crippen molar-refractivity contribution in [2.75, 3.05) is 22.9 Å². The second-order valence-electron chi connectivity index (χ2n) is 8.71. The number of benzene rings is 3. The quantitative estimate of drug-likeness (QED) is 0.220. The summed E-state index contributed by atoms with van der Waals surface area (Å²) in [6.45, 7) is 17.6. The van der Waals surface area contributed by atoms with Gasteiger partial charge in [-0.3, -0.25) is 0 Å². The molecule has 1 aliphatic rings. The van der Waals surface area contributed by atoms with E-state index in [4.69, 9.17) is 19.4 Å². The summed E-state index contributed by atoms with van der Waals surface area (Å²) in [7, 11) is 11.3. The van der Waals surface area contributed by atoms with E-state index in [-0.39, 0.29) is 14.9 Å². The minimum absolute atomic E-state index is 0. The van der Waals surface area contributed by atoms with Crippen molar-refractivity contribution in [2.24, 2.45) is 0 Å². The molecular formula is C30H39Cl2N2Ru+. The molecule has 190 valence electrons. The molecule has 1 saturated heterocycles. The molecule has 1 heterocycles. The van der Waals surface area contributed by atoms with Gasteiger partial charge in [-0.25, -0.2) is 0 Å². The Bertz CT molecular complexity index is 1030. The minimum atomic E-state index is -1.61. The van der Waals surface area contributed by atoms with Crippen LogP contribution in [-0.4, -0.2) is 17.7 Å². The average Bonchev–Trinajstić information content (AvgIpc) is 3.16. The van der Waals surface area contributed by atoms with Crippen molar-refractivity contribution in [1.29, 1.82) is 0 Å². The van der Waals surface area contributed by atoms with Gasteiger partial charge in [-0.15, -0.1) is 0 Å². The Balaban J connectivity index is 0.000000435. The average molecular weight is 600 g/mol. The Morgan fingerprint density at radius 3 is 1.40 bits per heavy atom. The van der Waals surface area contributed by atoms with E-state index in [9.17, 15) is 0 Å². The molecule has 0 saturated carbocycles. The number of hydrogen-bond acceptors (Lipinski definition) is 2. The van der Waals surface area contributed by atoms with Crippen molar-refractivity contribution in [3.8, 4) is 0 Å². The molecule has 0 unspecified atom stereocenters. The van der Waals surface area contributed by atoms with Gasteiger partial charge in [0.15, 0.2) is 0 Å². The van der Waals surface area contributed by atoms with Crippen LogP contribution in [0.3, 0.4) is 0 Å². The van der Waals surface area contributed by atoms with E-state index in [0.717, 1.165) is 18.7 Å². The molecule has 1 aliphatic heterocycles. The molecule has 4 rings (SSSR count). The molecule has 3 aromatic rings. The van der Waals surface area contributed by atoms with Crippen molar-refractivity contribution < 1.29 is 13.5 Å². The Hall–Kier alpha value is -1.93. The molecule has 3 aromatic carbocycles. The Kier molecular flexibility index (Phi) is 12.4. The summed E-state index contributed by atoms with van der Waals surface area (Å²) in [5, 5.41) is 0. The predicted molar refractivity (Wildman–Crippen MR) is 156 cm³/mol. The van der Waals surface area contributed by atoms with Crippen LogP contribution in [0, 0.1) is 63.1 Å². The molecule has 0 amide bonds. The summed E-state index contributed by atoms with van der Waals surface area (Å²) in [6, 6.07) is 19.0. The van der Waals surface area contributed by atoms with Gasteiger partial charge in [0.25, 0.3) is 0 Å². The summed E-state index contributed by atoms with van der Waals surface area (Å²) in [5.41, 5.74) is 12.0. The molecule has 0 radical (unpaired) electrons. The zero-order valence-corrected chi connectivity index (χ0v) is 25.5. The summed E-state index contributed by atoms with van der Waals surface area (Å²) in [5.74, 6) is 0. The maximum absolute atomic E-state index is 5.67. The van der Waals surface area contributed by atoms with E-state index in [2.05, 4.69) is 82.3 Å². The molecule has 0 aliphatic carbocycles. The fourth-order valence-electron chi connectivity index (χ4n) is 4.70. The molecule has 0 bridgehead atoms. The van der Waals surface area contributed by atoms with E-state index >= 15 is 0 Å². The van der Waals surface area contributed by atoms with Crippen molar-refractivity contribution in [1.82, 2.24) is 0 Å². The number of halogens is 2. The third-order valence-corrected chi connectivity index (χ3v) is 7.57. The Morgan fingerprint density at radius 2 is 1.06 bits per heavy atom. The molecule has 0 atom stereocenters. The Morgan fingerprint density at radius 1 is 0.686 bits per heavy atom. The number of anilines is 2. The zero-order chi connectivity index (χ0) is 24.1. The van der Waals surface area contributed by atoms with Crippen LogP contribution in [0.5, 0.6) is 0 Å². The van der Waals surface area contributed by atoms with Gasteiger partial charge >= 0.3 is 73.4 Å². The first-order valence-electron chi connectivity index (χ1n) is 11.1. The Labute approximate surface area is 227 Å². The summed E-state index contributed by atoms with van der Waals surface area (Å²) in [6.07, 6.45) is 0. The van der Waals surface area contributed by atoms with Gasteiger partial charge < -0.3 is 9.80 Å². The van der Waals surface area contributed by atoms with E-state index in [1.54, 1.807) is 0 Å². The molecule has 0 aromatic heterocycles. The molecule has 2 nitrogen and oxygen atoms in total. The van der Waals surface area contributed by atoms with Gasteiger partial charge in [-0.2, -0.15) is 6.67 Å². The molecular weight excluding hydrogens is 560 g/mol. The predicted octanol–water partition coefficient (Wildman–Crippen LogP) is 8.65. The fourth-order valence-corrected chi connectivity index (χ4v) is 6.53. The summed E-state index contributed by atoms with van der Waals surface area (Å²) < 4.78 is 1.92. The van der Waals surface area contributed by atoms with E-state index in [0.29, 0.717) is 0 Å². The monoisotopic (exact) mass is 599 g/mol. The first-order valence-corrected chi connectivity index (χ1v) is 16.6. The third kappa shape index (κ3) is 8.31. The van der Waals surface area contributed by atoms with E-state index in [1.165, 1.54) is 44.8 Å². The van der Waals surface area contributed by atoms with Crippen LogP contribution in [0.1, 0.15) is 38.9 Å². The van der Waals surface area contributed by atoms with Gasteiger partial charge in [0.05, 0.1) is 0 Å². The fraction of sp³-hybridized carbons (Fsp3) is 0.267. The van der Waals surface area contributed by atoms with Crippen molar-refractivity contribution >= 4 is 35.4 Å². The van der Waals surface area contributed by atoms with Gasteiger partial charge in [-0.05, 0) is 63.8 Å². The topological polar surface area (TPSA) is 6.48 Å². The maximum atomic E-state index is 5.67. The normalized spacial score (nSPS) is 12.7. The van der Waals surface area contributed by atoms with Gasteiger partial charge in [0.2, 0.25) is 0 Å². The third-order valence-electron chi connectivity index (χ3n) is 5.70. The van der Waals surface area contributed by atoms with E-state index < -0.39 is 13.5 Å². The van der Waals surface area contributed by atoms with Crippen molar-refractivity contribution in [3.05, 3.63) is 115 Å².